The molecule has 4 heterocycles. The monoisotopic (exact) mass is 543 g/mol. The topological polar surface area (TPSA) is 46.0 Å². The molecule has 0 unspecified atom stereocenters. The van der Waals surface area contributed by atoms with Crippen LogP contribution in [0.15, 0.2) is 97.3 Å². The van der Waals surface area contributed by atoms with E-state index in [1.54, 1.807) is 22.9 Å². The number of nitrogens with zero attached hydrogens (tertiary/aromatic N) is 5. The van der Waals surface area contributed by atoms with Gasteiger partial charge in [-0.25, -0.2) is 4.98 Å². The van der Waals surface area contributed by atoms with Crippen molar-refractivity contribution in [1.29, 1.82) is 0 Å². The van der Waals surface area contributed by atoms with E-state index in [-0.39, 0.29) is 11.0 Å². The minimum Gasteiger partial charge on any atom is -0.457 e. The second kappa shape index (κ2) is 9.26. The number of aromatic nitrogens is 3. The summed E-state index contributed by atoms with van der Waals surface area (Å²) in [5.74, 6) is 1.56. The first-order valence-electron chi connectivity index (χ1n) is 16.3. The summed E-state index contributed by atoms with van der Waals surface area (Å²) in [4.78, 5) is 9.15. The molecule has 6 nitrogen and oxygen atoms in total. The van der Waals surface area contributed by atoms with Gasteiger partial charge in [-0.15, -0.1) is 0 Å². The van der Waals surface area contributed by atoms with Gasteiger partial charge in [-0.05, 0) is 70.4 Å². The van der Waals surface area contributed by atoms with Gasteiger partial charge in [-0.1, -0.05) is 37.5 Å². The highest BCUT2D eigenvalue weighted by molar-refractivity contribution is 6.07. The third kappa shape index (κ3) is 4.30. The lowest BCUT2D eigenvalue weighted by atomic mass is 9.86. The third-order valence-electron chi connectivity index (χ3n) is 7.28. The lowest BCUT2D eigenvalue weighted by Gasteiger charge is -2.20. The standard InChI is InChI=1S/C35H31N5O/c1-23-14-16-36-33(17-23)40-31-11-8-15-37-34(31)28-13-12-26(21-32(28)40)41-27-19-24(35(2,3)4)18-25(20-27)39-22-38(5)29-9-6-7-10-30(29)39/h6-21H,1-5H3/q+2/i1D3,5D3. The summed E-state index contributed by atoms with van der Waals surface area (Å²) in [5.41, 5.74) is 5.16. The Kier molecular flexibility index (Phi) is 4.31. The van der Waals surface area contributed by atoms with Crippen LogP contribution in [0.25, 0.3) is 27.8 Å². The highest BCUT2D eigenvalue weighted by atomic mass is 16.5. The molecule has 3 aromatic carbocycles. The molecule has 6 heteroatoms. The van der Waals surface area contributed by atoms with Crippen molar-refractivity contribution in [3.05, 3.63) is 108 Å². The molecular formula is C35H31N5O+2. The average Bonchev–Trinajstić information content (AvgIpc) is 3.57. The molecule has 0 amide bonds. The van der Waals surface area contributed by atoms with Crippen LogP contribution >= 0.6 is 0 Å². The van der Waals surface area contributed by atoms with Crippen LogP contribution < -0.4 is 9.31 Å². The van der Waals surface area contributed by atoms with Gasteiger partial charge >= 0.3 is 6.01 Å². The van der Waals surface area contributed by atoms with Crippen molar-refractivity contribution in [3.8, 4) is 17.3 Å². The van der Waals surface area contributed by atoms with Gasteiger partial charge in [0.05, 0.1) is 22.6 Å². The van der Waals surface area contributed by atoms with Gasteiger partial charge < -0.3 is 4.74 Å². The van der Waals surface area contributed by atoms with E-state index in [0.717, 1.165) is 27.5 Å². The molecule has 0 atom stereocenters. The molecule has 0 radical (unpaired) electrons. The van der Waals surface area contributed by atoms with Crippen molar-refractivity contribution < 1.29 is 17.5 Å². The second-order valence-corrected chi connectivity index (χ2v) is 11.1. The number of pyridine rings is 2. The normalized spacial score (nSPS) is 15.7. The summed E-state index contributed by atoms with van der Waals surface area (Å²) in [6.45, 7) is 1.62. The van der Waals surface area contributed by atoms with Crippen molar-refractivity contribution in [2.75, 3.05) is 6.98 Å². The average molecular weight is 544 g/mol. The highest BCUT2D eigenvalue weighted by Gasteiger charge is 2.33. The molecule has 6 aromatic rings. The Hall–Kier alpha value is -5.06. The van der Waals surface area contributed by atoms with Gasteiger partial charge in [0, 0.05) is 46.2 Å². The lowest BCUT2D eigenvalue weighted by molar-refractivity contribution is -0.394. The van der Waals surface area contributed by atoms with Gasteiger partial charge in [-0.3, -0.25) is 9.55 Å². The van der Waals surface area contributed by atoms with Gasteiger partial charge in [0.15, 0.2) is 6.98 Å². The molecule has 1 aliphatic rings. The third-order valence-corrected chi connectivity index (χ3v) is 7.28. The molecule has 41 heavy (non-hydrogen) atoms. The first-order chi connectivity index (χ1) is 22.2. The summed E-state index contributed by atoms with van der Waals surface area (Å²) < 4.78 is 59.4. The van der Waals surface area contributed by atoms with Crippen LogP contribution in [-0.4, -0.2) is 32.1 Å². The molecule has 1 aliphatic heterocycles. The number of hydrogen-bond acceptors (Lipinski definition) is 3. The maximum absolute atomic E-state index is 8.08. The Morgan fingerprint density at radius 3 is 2.54 bits per heavy atom. The van der Waals surface area contributed by atoms with E-state index in [9.17, 15) is 0 Å². The molecule has 0 fully saturated rings. The molecule has 0 spiro atoms. The number of benzene rings is 3. The fourth-order valence-corrected chi connectivity index (χ4v) is 5.25. The Morgan fingerprint density at radius 1 is 0.829 bits per heavy atom. The van der Waals surface area contributed by atoms with E-state index in [4.69, 9.17) is 13.0 Å². The van der Waals surface area contributed by atoms with Crippen LogP contribution in [0.5, 0.6) is 11.5 Å². The van der Waals surface area contributed by atoms with E-state index in [2.05, 4.69) is 36.7 Å². The molecule has 0 aliphatic carbocycles. The summed E-state index contributed by atoms with van der Waals surface area (Å²) in [5, 5.41) is 0.862. The zero-order chi connectivity index (χ0) is 33.3. The van der Waals surface area contributed by atoms with Crippen molar-refractivity contribution in [2.24, 2.45) is 0 Å². The predicted octanol–water partition coefficient (Wildman–Crippen LogP) is 8.27. The van der Waals surface area contributed by atoms with Crippen molar-refractivity contribution >= 4 is 45.0 Å². The number of para-hydroxylation sites is 2. The molecule has 0 saturated heterocycles. The minimum atomic E-state index is -2.41. The van der Waals surface area contributed by atoms with Crippen LogP contribution in [-0.2, 0) is 5.41 Å². The fraction of sp³-hybridized carbons (Fsp3) is 0.171. The van der Waals surface area contributed by atoms with Crippen LogP contribution in [0.4, 0.5) is 17.1 Å². The Labute approximate surface area is 247 Å². The van der Waals surface area contributed by atoms with Gasteiger partial charge in [0.2, 0.25) is 5.69 Å². The zero-order valence-corrected chi connectivity index (χ0v) is 22.9. The molecule has 7 rings (SSSR count). The largest absolute Gasteiger partial charge is 0.496 e. The molecular weight excluding hydrogens is 506 g/mol. The number of hydrogen-bond donors (Lipinski definition) is 0. The van der Waals surface area contributed by atoms with Crippen molar-refractivity contribution in [1.82, 2.24) is 19.1 Å². The summed E-state index contributed by atoms with van der Waals surface area (Å²) in [7, 11) is 0. The minimum absolute atomic E-state index is 0.189. The van der Waals surface area contributed by atoms with Crippen LogP contribution in [0.2, 0.25) is 0 Å². The highest BCUT2D eigenvalue weighted by Crippen LogP contribution is 2.39. The number of ether oxygens (including phenoxy) is 1. The van der Waals surface area contributed by atoms with Gasteiger partial charge in [0.1, 0.15) is 21.4 Å². The number of aryl methyl sites for hydroxylation is 1. The number of fused-ring (bicyclic) bond motifs is 4. The van der Waals surface area contributed by atoms with E-state index >= 15 is 0 Å². The Morgan fingerprint density at radius 2 is 1.71 bits per heavy atom. The zero-order valence-electron chi connectivity index (χ0n) is 28.9. The lowest BCUT2D eigenvalue weighted by Crippen LogP contribution is -2.12. The summed E-state index contributed by atoms with van der Waals surface area (Å²) >= 11 is 0. The molecule has 3 aromatic heterocycles. The van der Waals surface area contributed by atoms with E-state index < -0.39 is 13.8 Å². The first kappa shape index (κ1) is 19.1. The molecule has 0 bridgehead atoms. The van der Waals surface area contributed by atoms with Crippen LogP contribution in [0.3, 0.4) is 0 Å². The fourth-order valence-electron chi connectivity index (χ4n) is 5.25. The molecule has 200 valence electrons. The Balaban J connectivity index is 1.38. The molecule has 0 N–H and O–H groups in total. The van der Waals surface area contributed by atoms with E-state index in [1.807, 2.05) is 71.3 Å². The predicted molar refractivity (Wildman–Crippen MR) is 165 cm³/mol. The van der Waals surface area contributed by atoms with Crippen LogP contribution in [0.1, 0.15) is 40.1 Å². The Bertz CT molecular complexity index is 2290. The smallest absolute Gasteiger partial charge is 0.457 e. The van der Waals surface area contributed by atoms with E-state index in [1.165, 1.54) is 16.8 Å². The summed E-state index contributed by atoms with van der Waals surface area (Å²) in [6.07, 6.45) is 3.23. The first-order valence-corrected chi connectivity index (χ1v) is 13.3. The second-order valence-electron chi connectivity index (χ2n) is 11.1. The maximum Gasteiger partial charge on any atom is 0.496 e. The van der Waals surface area contributed by atoms with E-state index in [0.29, 0.717) is 34.4 Å². The van der Waals surface area contributed by atoms with Crippen LogP contribution in [0, 0.1) is 6.85 Å². The summed E-state index contributed by atoms with van der Waals surface area (Å²) in [6, 6.07) is 28.8. The van der Waals surface area contributed by atoms with Gasteiger partial charge in [-0.2, -0.15) is 0 Å². The van der Waals surface area contributed by atoms with Crippen molar-refractivity contribution in [2.45, 2.75) is 33.0 Å². The molecule has 0 saturated carbocycles. The van der Waals surface area contributed by atoms with Crippen molar-refractivity contribution in [3.63, 3.8) is 0 Å². The SMILES string of the molecule is [2H]C([2H])([2H])c1ccnc(-n2c3cc(Oc4cc([N+]5=C=[N+](C([2H])([2H])[2H])c6ccccc65)cc(C(C)(C)C)c4)ccc3c3ncccc32)c1. The maximum atomic E-state index is 8.08. The van der Waals surface area contributed by atoms with Gasteiger partial charge in [0.25, 0.3) is 11.4 Å². The quantitative estimate of drug-likeness (QED) is 0.210. The number of rotatable bonds is 4.